The van der Waals surface area contributed by atoms with Gasteiger partial charge in [0.2, 0.25) is 5.91 Å². The maximum absolute atomic E-state index is 12.2. The molecule has 98 valence electrons. The second kappa shape index (κ2) is 7.18. The molecule has 1 aromatic carbocycles. The van der Waals surface area contributed by atoms with Gasteiger partial charge in [-0.1, -0.05) is 30.3 Å². The maximum atomic E-state index is 12.2. The highest BCUT2D eigenvalue weighted by molar-refractivity contribution is 7.80. The lowest BCUT2D eigenvalue weighted by Gasteiger charge is -2.20. The first-order chi connectivity index (χ1) is 8.60. The van der Waals surface area contributed by atoms with Gasteiger partial charge in [-0.25, -0.2) is 0 Å². The average molecular weight is 267 g/mol. The van der Waals surface area contributed by atoms with Crippen LogP contribution in [-0.2, 0) is 9.59 Å². The van der Waals surface area contributed by atoms with E-state index in [1.165, 1.54) is 6.92 Å². The number of carbonyl (C=O) groups excluding carboxylic acids is 2. The monoisotopic (exact) mass is 267 g/mol. The summed E-state index contributed by atoms with van der Waals surface area (Å²) in [5, 5.41) is 11.9. The third kappa shape index (κ3) is 3.85. The molecule has 5 heteroatoms. The van der Waals surface area contributed by atoms with E-state index in [9.17, 15) is 14.7 Å². The van der Waals surface area contributed by atoms with E-state index in [-0.39, 0.29) is 24.1 Å². The number of Topliss-reactive ketones (excluding diaryl/α,β-unsaturated/α-hetero) is 1. The molecule has 1 amide bonds. The van der Waals surface area contributed by atoms with Crippen molar-refractivity contribution in [3.8, 4) is 0 Å². The van der Waals surface area contributed by atoms with Crippen molar-refractivity contribution in [3.63, 3.8) is 0 Å². The molecular weight excluding hydrogens is 250 g/mol. The molecule has 0 bridgehead atoms. The molecule has 2 N–H and O–H groups in total. The minimum absolute atomic E-state index is 0.210. The number of aliphatic hydroxyl groups is 1. The molecule has 0 aromatic heterocycles. The highest BCUT2D eigenvalue weighted by Crippen LogP contribution is 2.18. The number of amides is 1. The fourth-order valence-corrected chi connectivity index (χ4v) is 2.01. The van der Waals surface area contributed by atoms with E-state index in [0.29, 0.717) is 0 Å². The van der Waals surface area contributed by atoms with E-state index in [0.717, 1.165) is 5.56 Å². The Morgan fingerprint density at radius 3 is 2.39 bits per heavy atom. The SMILES string of the molecule is CC(=O)N[C@@H](CS)C(=O)C(CO)c1ccccc1. The van der Waals surface area contributed by atoms with Gasteiger partial charge in [-0.3, -0.25) is 9.59 Å². The molecule has 0 aliphatic carbocycles. The molecule has 1 aromatic rings. The van der Waals surface area contributed by atoms with Crippen molar-refractivity contribution in [2.75, 3.05) is 12.4 Å². The fraction of sp³-hybridized carbons (Fsp3) is 0.385. The van der Waals surface area contributed by atoms with Gasteiger partial charge in [0.15, 0.2) is 5.78 Å². The smallest absolute Gasteiger partial charge is 0.217 e. The van der Waals surface area contributed by atoms with E-state index in [1.807, 2.05) is 6.07 Å². The van der Waals surface area contributed by atoms with Gasteiger partial charge in [-0.05, 0) is 5.56 Å². The third-order valence-corrected chi connectivity index (χ3v) is 3.00. The van der Waals surface area contributed by atoms with Crippen molar-refractivity contribution in [2.24, 2.45) is 0 Å². The molecule has 18 heavy (non-hydrogen) atoms. The molecule has 0 spiro atoms. The van der Waals surface area contributed by atoms with Crippen LogP contribution < -0.4 is 5.32 Å². The lowest BCUT2D eigenvalue weighted by Crippen LogP contribution is -2.44. The number of aliphatic hydroxyl groups excluding tert-OH is 1. The first kappa shape index (κ1) is 14.7. The van der Waals surface area contributed by atoms with E-state index in [2.05, 4.69) is 17.9 Å². The molecule has 0 aliphatic rings. The molecular formula is C13H17NO3S. The lowest BCUT2D eigenvalue weighted by atomic mass is 9.92. The minimum atomic E-state index is -0.678. The van der Waals surface area contributed by atoms with Crippen molar-refractivity contribution in [1.29, 1.82) is 0 Å². The molecule has 0 saturated heterocycles. The molecule has 2 atom stereocenters. The fourth-order valence-electron chi connectivity index (χ4n) is 1.74. The highest BCUT2D eigenvalue weighted by Gasteiger charge is 2.27. The van der Waals surface area contributed by atoms with Crippen LogP contribution in [0, 0.1) is 0 Å². The van der Waals surface area contributed by atoms with E-state index in [4.69, 9.17) is 0 Å². The Morgan fingerprint density at radius 1 is 1.33 bits per heavy atom. The minimum Gasteiger partial charge on any atom is -0.395 e. The molecule has 4 nitrogen and oxygen atoms in total. The van der Waals surface area contributed by atoms with E-state index in [1.54, 1.807) is 24.3 Å². The topological polar surface area (TPSA) is 66.4 Å². The normalized spacial score (nSPS) is 13.7. The number of hydrogen-bond donors (Lipinski definition) is 3. The van der Waals surface area contributed by atoms with Crippen LogP contribution in [-0.4, -0.2) is 35.2 Å². The summed E-state index contributed by atoms with van der Waals surface area (Å²) in [4.78, 5) is 23.2. The van der Waals surface area contributed by atoms with E-state index >= 15 is 0 Å². The first-order valence-corrected chi connectivity index (χ1v) is 6.31. The van der Waals surface area contributed by atoms with Crippen molar-refractivity contribution >= 4 is 24.3 Å². The van der Waals surface area contributed by atoms with Crippen LogP contribution in [0.5, 0.6) is 0 Å². The predicted molar refractivity (Wildman–Crippen MR) is 72.7 cm³/mol. The second-order valence-corrected chi connectivity index (χ2v) is 4.35. The Balaban J connectivity index is 2.87. The van der Waals surface area contributed by atoms with Gasteiger partial charge in [0.1, 0.15) is 0 Å². The number of rotatable bonds is 6. The molecule has 0 heterocycles. The van der Waals surface area contributed by atoms with Gasteiger partial charge in [0.05, 0.1) is 18.6 Å². The summed E-state index contributed by atoms with van der Waals surface area (Å²) in [6, 6.07) is 8.33. The Hall–Kier alpha value is -1.33. The average Bonchev–Trinajstić information content (AvgIpc) is 2.37. The molecule has 1 rings (SSSR count). The van der Waals surface area contributed by atoms with E-state index < -0.39 is 12.0 Å². The first-order valence-electron chi connectivity index (χ1n) is 5.67. The van der Waals surface area contributed by atoms with Crippen LogP contribution in [0.3, 0.4) is 0 Å². The van der Waals surface area contributed by atoms with Crippen LogP contribution in [0.25, 0.3) is 0 Å². The van der Waals surface area contributed by atoms with Crippen molar-refractivity contribution in [2.45, 2.75) is 18.9 Å². The summed E-state index contributed by atoms with van der Waals surface area (Å²) in [7, 11) is 0. The van der Waals surface area contributed by atoms with Gasteiger partial charge in [-0.15, -0.1) is 0 Å². The molecule has 1 unspecified atom stereocenters. The van der Waals surface area contributed by atoms with Gasteiger partial charge in [0.25, 0.3) is 0 Å². The van der Waals surface area contributed by atoms with Gasteiger partial charge in [0, 0.05) is 12.7 Å². The highest BCUT2D eigenvalue weighted by atomic mass is 32.1. The molecule has 0 saturated carbocycles. The number of benzene rings is 1. The van der Waals surface area contributed by atoms with Crippen molar-refractivity contribution < 1.29 is 14.7 Å². The number of hydrogen-bond acceptors (Lipinski definition) is 4. The van der Waals surface area contributed by atoms with Crippen LogP contribution in [0.2, 0.25) is 0 Å². The second-order valence-electron chi connectivity index (χ2n) is 3.98. The Bertz CT molecular complexity index is 408. The Kier molecular flexibility index (Phi) is 5.88. The number of thiol groups is 1. The molecule has 0 fully saturated rings. The number of nitrogens with one attached hydrogen (secondary N) is 1. The van der Waals surface area contributed by atoms with Gasteiger partial charge < -0.3 is 10.4 Å². The molecule has 0 aliphatic heterocycles. The summed E-state index contributed by atoms with van der Waals surface area (Å²) in [5.41, 5.74) is 0.738. The van der Waals surface area contributed by atoms with Crippen LogP contribution in [0.1, 0.15) is 18.4 Å². The van der Waals surface area contributed by atoms with Crippen LogP contribution >= 0.6 is 12.6 Å². The zero-order valence-electron chi connectivity index (χ0n) is 10.2. The standard InChI is InChI=1S/C13H17NO3S/c1-9(16)14-12(8-18)13(17)11(7-15)10-5-3-2-4-6-10/h2-6,11-12,15,18H,7-8H2,1H3,(H,14,16)/t11?,12-/m0/s1. The van der Waals surface area contributed by atoms with Crippen LogP contribution in [0.15, 0.2) is 30.3 Å². The summed E-state index contributed by atoms with van der Waals surface area (Å²) >= 11 is 4.06. The number of ketones is 1. The van der Waals surface area contributed by atoms with Crippen molar-refractivity contribution in [3.05, 3.63) is 35.9 Å². The van der Waals surface area contributed by atoms with Crippen molar-refractivity contribution in [1.82, 2.24) is 5.32 Å². The number of carbonyl (C=O) groups is 2. The van der Waals surface area contributed by atoms with Gasteiger partial charge >= 0.3 is 0 Å². The summed E-state index contributed by atoms with van der Waals surface area (Å²) in [5.74, 6) is -0.932. The third-order valence-electron chi connectivity index (χ3n) is 2.63. The van der Waals surface area contributed by atoms with Gasteiger partial charge in [-0.2, -0.15) is 12.6 Å². The Labute approximate surface area is 112 Å². The van der Waals surface area contributed by atoms with Crippen LogP contribution in [0.4, 0.5) is 0 Å². The zero-order chi connectivity index (χ0) is 13.5. The summed E-state index contributed by atoms with van der Waals surface area (Å²) in [6.07, 6.45) is 0. The Morgan fingerprint density at radius 2 is 1.94 bits per heavy atom. The molecule has 0 radical (unpaired) electrons. The lowest BCUT2D eigenvalue weighted by molar-refractivity contribution is -0.127. The summed E-state index contributed by atoms with van der Waals surface area (Å²) in [6.45, 7) is 1.06. The summed E-state index contributed by atoms with van der Waals surface area (Å²) < 4.78 is 0. The zero-order valence-corrected chi connectivity index (χ0v) is 11.1. The maximum Gasteiger partial charge on any atom is 0.217 e. The quantitative estimate of drug-likeness (QED) is 0.667. The predicted octanol–water partition coefficient (Wildman–Crippen LogP) is 0.766. The largest absolute Gasteiger partial charge is 0.395 e.